The Kier molecular flexibility index (Phi) is 1.95. The summed E-state index contributed by atoms with van der Waals surface area (Å²) in [4.78, 5) is 20.9. The standard InChI is InChI=1S/C5H4F3NO3/c6-5(7,8)3(10)9-1-2-12-4(9)11/h1-2H2. The Balaban J connectivity index is 2.71. The van der Waals surface area contributed by atoms with Gasteiger partial charge in [0.25, 0.3) is 0 Å². The van der Waals surface area contributed by atoms with Crippen LogP contribution in [-0.2, 0) is 9.53 Å². The number of alkyl halides is 3. The Hall–Kier alpha value is -1.27. The number of rotatable bonds is 0. The number of imide groups is 1. The number of ether oxygens (including phenoxy) is 1. The van der Waals surface area contributed by atoms with Gasteiger partial charge in [-0.05, 0) is 0 Å². The van der Waals surface area contributed by atoms with Crippen molar-refractivity contribution in [2.45, 2.75) is 6.18 Å². The van der Waals surface area contributed by atoms with E-state index in [9.17, 15) is 22.8 Å². The highest BCUT2D eigenvalue weighted by atomic mass is 19.4. The number of halogens is 3. The second-order valence-corrected chi connectivity index (χ2v) is 2.07. The van der Waals surface area contributed by atoms with Crippen molar-refractivity contribution < 1.29 is 27.5 Å². The molecule has 0 radical (unpaired) electrons. The van der Waals surface area contributed by atoms with E-state index in [0.29, 0.717) is 0 Å². The van der Waals surface area contributed by atoms with Crippen LogP contribution in [0.3, 0.4) is 0 Å². The van der Waals surface area contributed by atoms with Crippen molar-refractivity contribution in [3.8, 4) is 0 Å². The van der Waals surface area contributed by atoms with E-state index in [1.807, 2.05) is 0 Å². The summed E-state index contributed by atoms with van der Waals surface area (Å²) in [7, 11) is 0. The summed E-state index contributed by atoms with van der Waals surface area (Å²) >= 11 is 0. The topological polar surface area (TPSA) is 46.6 Å². The van der Waals surface area contributed by atoms with E-state index in [0.717, 1.165) is 0 Å². The zero-order chi connectivity index (χ0) is 9.35. The number of carbonyl (C=O) groups is 2. The van der Waals surface area contributed by atoms with Crippen LogP contribution in [-0.4, -0.2) is 36.2 Å². The molecule has 7 heteroatoms. The third-order valence-corrected chi connectivity index (χ3v) is 1.25. The summed E-state index contributed by atoms with van der Waals surface area (Å²) in [5, 5.41) is 0. The molecule has 0 N–H and O–H groups in total. The highest BCUT2D eigenvalue weighted by Gasteiger charge is 2.46. The van der Waals surface area contributed by atoms with Crippen LogP contribution in [0.4, 0.5) is 18.0 Å². The van der Waals surface area contributed by atoms with Gasteiger partial charge in [-0.25, -0.2) is 9.69 Å². The van der Waals surface area contributed by atoms with Gasteiger partial charge < -0.3 is 4.74 Å². The monoisotopic (exact) mass is 183 g/mol. The molecule has 2 amide bonds. The van der Waals surface area contributed by atoms with Crippen LogP contribution >= 0.6 is 0 Å². The number of nitrogens with zero attached hydrogens (tertiary/aromatic N) is 1. The summed E-state index contributed by atoms with van der Waals surface area (Å²) < 4.78 is 39.2. The molecule has 0 aromatic carbocycles. The van der Waals surface area contributed by atoms with Crippen LogP contribution < -0.4 is 0 Å². The Morgan fingerprint density at radius 3 is 2.42 bits per heavy atom. The SMILES string of the molecule is O=C1OCCN1C(=O)C(F)(F)F. The summed E-state index contributed by atoms with van der Waals surface area (Å²) in [5.41, 5.74) is 0. The maximum Gasteiger partial charge on any atom is 0.471 e. The fourth-order valence-electron chi connectivity index (χ4n) is 0.731. The maximum absolute atomic E-state index is 11.7. The first-order valence-electron chi connectivity index (χ1n) is 2.98. The lowest BCUT2D eigenvalue weighted by Crippen LogP contribution is -2.41. The van der Waals surface area contributed by atoms with Crippen LogP contribution in [0.1, 0.15) is 0 Å². The van der Waals surface area contributed by atoms with Gasteiger partial charge in [0.2, 0.25) is 0 Å². The number of hydrogen-bond acceptors (Lipinski definition) is 3. The molecule has 4 nitrogen and oxygen atoms in total. The fraction of sp³-hybridized carbons (Fsp3) is 0.600. The first kappa shape index (κ1) is 8.82. The van der Waals surface area contributed by atoms with Crippen molar-refractivity contribution in [2.75, 3.05) is 13.2 Å². The van der Waals surface area contributed by atoms with Crippen molar-refractivity contribution in [1.82, 2.24) is 4.90 Å². The Morgan fingerprint density at radius 2 is 2.08 bits per heavy atom. The van der Waals surface area contributed by atoms with Gasteiger partial charge in [0.1, 0.15) is 6.61 Å². The smallest absolute Gasteiger partial charge is 0.447 e. The van der Waals surface area contributed by atoms with Crippen molar-refractivity contribution in [3.05, 3.63) is 0 Å². The van der Waals surface area contributed by atoms with E-state index < -0.39 is 18.2 Å². The van der Waals surface area contributed by atoms with Crippen molar-refractivity contribution >= 4 is 12.0 Å². The van der Waals surface area contributed by atoms with Gasteiger partial charge in [0.15, 0.2) is 0 Å². The number of amides is 2. The molecule has 0 aromatic heterocycles. The summed E-state index contributed by atoms with van der Waals surface area (Å²) in [6, 6.07) is 0. The van der Waals surface area contributed by atoms with Crippen molar-refractivity contribution in [3.63, 3.8) is 0 Å². The van der Waals surface area contributed by atoms with E-state index in [1.54, 1.807) is 0 Å². The van der Waals surface area contributed by atoms with Crippen molar-refractivity contribution in [1.29, 1.82) is 0 Å². The van der Waals surface area contributed by atoms with Gasteiger partial charge in [-0.15, -0.1) is 0 Å². The molecule has 1 aliphatic rings. The van der Waals surface area contributed by atoms with Gasteiger partial charge in [-0.1, -0.05) is 0 Å². The summed E-state index contributed by atoms with van der Waals surface area (Å²) in [6.45, 7) is -0.516. The average molecular weight is 183 g/mol. The predicted octanol–water partition coefficient (Wildman–Crippen LogP) is 0.527. The lowest BCUT2D eigenvalue weighted by molar-refractivity contribution is -0.181. The van der Waals surface area contributed by atoms with Crippen molar-refractivity contribution in [2.24, 2.45) is 0 Å². The molecular formula is C5H4F3NO3. The van der Waals surface area contributed by atoms with Crippen LogP contribution in [0.2, 0.25) is 0 Å². The first-order valence-corrected chi connectivity index (χ1v) is 2.98. The van der Waals surface area contributed by atoms with Crippen LogP contribution in [0.5, 0.6) is 0 Å². The molecule has 0 saturated carbocycles. The van der Waals surface area contributed by atoms with Gasteiger partial charge in [-0.3, -0.25) is 4.79 Å². The molecule has 0 spiro atoms. The van der Waals surface area contributed by atoms with Crippen LogP contribution in [0.15, 0.2) is 0 Å². The molecule has 12 heavy (non-hydrogen) atoms. The van der Waals surface area contributed by atoms with E-state index in [-0.39, 0.29) is 18.1 Å². The number of cyclic esters (lactones) is 1. The largest absolute Gasteiger partial charge is 0.471 e. The molecule has 0 unspecified atom stereocenters. The van der Waals surface area contributed by atoms with Gasteiger partial charge in [0, 0.05) is 0 Å². The molecule has 0 bridgehead atoms. The second kappa shape index (κ2) is 2.65. The van der Waals surface area contributed by atoms with Crippen LogP contribution in [0.25, 0.3) is 0 Å². The van der Waals surface area contributed by atoms with Gasteiger partial charge in [0.05, 0.1) is 6.54 Å². The molecule has 1 heterocycles. The molecular weight excluding hydrogens is 179 g/mol. The van der Waals surface area contributed by atoms with E-state index in [2.05, 4.69) is 4.74 Å². The molecule has 0 aromatic rings. The molecule has 1 rings (SSSR count). The zero-order valence-electron chi connectivity index (χ0n) is 5.72. The molecule has 1 aliphatic heterocycles. The van der Waals surface area contributed by atoms with E-state index in [1.165, 1.54) is 0 Å². The lowest BCUT2D eigenvalue weighted by Gasteiger charge is -2.11. The molecule has 0 atom stereocenters. The van der Waals surface area contributed by atoms with Crippen LogP contribution in [0, 0.1) is 0 Å². The predicted molar refractivity (Wildman–Crippen MR) is 29.1 cm³/mol. The Morgan fingerprint density at radius 1 is 1.50 bits per heavy atom. The second-order valence-electron chi connectivity index (χ2n) is 2.07. The Labute approximate surface area is 64.9 Å². The average Bonchev–Trinajstić information content (AvgIpc) is 2.31. The first-order chi connectivity index (χ1) is 5.43. The number of hydrogen-bond donors (Lipinski definition) is 0. The lowest BCUT2D eigenvalue weighted by atomic mass is 10.5. The molecule has 1 saturated heterocycles. The third-order valence-electron chi connectivity index (χ3n) is 1.25. The molecule has 68 valence electrons. The normalized spacial score (nSPS) is 17.9. The maximum atomic E-state index is 11.7. The minimum atomic E-state index is -5.01. The quantitative estimate of drug-likeness (QED) is 0.550. The minimum Gasteiger partial charge on any atom is -0.447 e. The molecule has 1 fully saturated rings. The fourth-order valence-corrected chi connectivity index (χ4v) is 0.731. The third kappa shape index (κ3) is 1.49. The minimum absolute atomic E-state index is 0.0278. The van der Waals surface area contributed by atoms with E-state index in [4.69, 9.17) is 0 Å². The zero-order valence-corrected chi connectivity index (χ0v) is 5.72. The van der Waals surface area contributed by atoms with Gasteiger partial charge in [-0.2, -0.15) is 13.2 Å². The summed E-state index contributed by atoms with van der Waals surface area (Å²) in [6.07, 6.45) is -6.25. The highest BCUT2D eigenvalue weighted by molar-refractivity contribution is 5.95. The summed E-state index contributed by atoms with van der Waals surface area (Å²) in [5.74, 6) is -2.18. The number of carbonyl (C=O) groups excluding carboxylic acids is 2. The van der Waals surface area contributed by atoms with Gasteiger partial charge >= 0.3 is 18.2 Å². The van der Waals surface area contributed by atoms with E-state index >= 15 is 0 Å². The highest BCUT2D eigenvalue weighted by Crippen LogP contribution is 2.20. The molecule has 0 aliphatic carbocycles. The Bertz CT molecular complexity index is 224.